The zero-order valence-electron chi connectivity index (χ0n) is 9.90. The van der Waals surface area contributed by atoms with Gasteiger partial charge in [0.1, 0.15) is 0 Å². The third kappa shape index (κ3) is 1.93. The van der Waals surface area contributed by atoms with Gasteiger partial charge in [-0.15, -0.1) is 0 Å². The molecule has 0 heterocycles. The molecule has 1 aliphatic rings. The summed E-state index contributed by atoms with van der Waals surface area (Å²) < 4.78 is 0. The van der Waals surface area contributed by atoms with E-state index in [9.17, 15) is 14.4 Å². The Kier molecular flexibility index (Phi) is 2.92. The molecule has 2 rings (SSSR count). The van der Waals surface area contributed by atoms with Gasteiger partial charge in [0.2, 0.25) is 11.6 Å². The van der Waals surface area contributed by atoms with Crippen LogP contribution in [0.3, 0.4) is 0 Å². The number of hydrogen-bond donors (Lipinski definition) is 0. The highest BCUT2D eigenvalue weighted by Crippen LogP contribution is 2.27. The third-order valence-electron chi connectivity index (χ3n) is 3.00. The molecule has 0 radical (unpaired) electrons. The van der Waals surface area contributed by atoms with Crippen molar-refractivity contribution in [2.24, 2.45) is 11.8 Å². The van der Waals surface area contributed by atoms with Crippen LogP contribution < -0.4 is 0 Å². The van der Waals surface area contributed by atoms with Crippen LogP contribution in [0.15, 0.2) is 24.3 Å². The number of carbonyl (C=O) groups is 3. The van der Waals surface area contributed by atoms with Crippen molar-refractivity contribution in [2.45, 2.75) is 20.3 Å². The normalized spacial score (nSPS) is 19.7. The SMILES string of the molecule is CC(C)CC1C(=O)C(=O)c2ccccc2C1=O. The van der Waals surface area contributed by atoms with Crippen LogP contribution >= 0.6 is 0 Å². The first-order chi connectivity index (χ1) is 8.02. The van der Waals surface area contributed by atoms with E-state index in [1.54, 1.807) is 24.3 Å². The minimum absolute atomic E-state index is 0.209. The Labute approximate surface area is 99.8 Å². The van der Waals surface area contributed by atoms with Gasteiger partial charge in [-0.1, -0.05) is 38.1 Å². The lowest BCUT2D eigenvalue weighted by Crippen LogP contribution is -2.37. The van der Waals surface area contributed by atoms with Gasteiger partial charge in [0.15, 0.2) is 5.78 Å². The van der Waals surface area contributed by atoms with Crippen LogP contribution in [0.1, 0.15) is 41.0 Å². The summed E-state index contributed by atoms with van der Waals surface area (Å²) in [5.74, 6) is -1.85. The quantitative estimate of drug-likeness (QED) is 0.578. The Bertz CT molecular complexity index is 500. The Morgan fingerprint density at radius 1 is 1.00 bits per heavy atom. The highest BCUT2D eigenvalue weighted by molar-refractivity contribution is 6.51. The molecule has 0 spiro atoms. The van der Waals surface area contributed by atoms with Crippen LogP contribution in [0, 0.1) is 11.8 Å². The van der Waals surface area contributed by atoms with Crippen molar-refractivity contribution in [1.82, 2.24) is 0 Å². The van der Waals surface area contributed by atoms with Crippen molar-refractivity contribution < 1.29 is 14.4 Å². The second-order valence-corrected chi connectivity index (χ2v) is 4.79. The smallest absolute Gasteiger partial charge is 0.230 e. The summed E-state index contributed by atoms with van der Waals surface area (Å²) in [5.41, 5.74) is 0.644. The van der Waals surface area contributed by atoms with Crippen LogP contribution in [-0.2, 0) is 4.79 Å². The predicted octanol–water partition coefficient (Wildman–Crippen LogP) is 2.30. The number of ketones is 3. The minimum Gasteiger partial charge on any atom is -0.293 e. The maximum absolute atomic E-state index is 12.1. The lowest BCUT2D eigenvalue weighted by atomic mass is 9.77. The van der Waals surface area contributed by atoms with Gasteiger partial charge in [0.25, 0.3) is 0 Å². The van der Waals surface area contributed by atoms with Crippen LogP contribution in [0.4, 0.5) is 0 Å². The van der Waals surface area contributed by atoms with Gasteiger partial charge in [-0.05, 0) is 12.3 Å². The fraction of sp³-hybridized carbons (Fsp3) is 0.357. The van der Waals surface area contributed by atoms with Gasteiger partial charge >= 0.3 is 0 Å². The average Bonchev–Trinajstić information content (AvgIpc) is 2.31. The molecular formula is C14H14O3. The van der Waals surface area contributed by atoms with Gasteiger partial charge in [0, 0.05) is 11.1 Å². The summed E-state index contributed by atoms with van der Waals surface area (Å²) in [6.45, 7) is 3.87. The number of Topliss-reactive ketones (excluding diaryl/α,β-unsaturated/α-hetero) is 3. The van der Waals surface area contributed by atoms with Crippen molar-refractivity contribution in [3.63, 3.8) is 0 Å². The zero-order chi connectivity index (χ0) is 12.6. The summed E-state index contributed by atoms with van der Waals surface area (Å²) in [7, 11) is 0. The van der Waals surface area contributed by atoms with Gasteiger partial charge in [-0.2, -0.15) is 0 Å². The van der Waals surface area contributed by atoms with Crippen molar-refractivity contribution in [1.29, 1.82) is 0 Å². The van der Waals surface area contributed by atoms with Crippen molar-refractivity contribution in [3.05, 3.63) is 35.4 Å². The first-order valence-corrected chi connectivity index (χ1v) is 5.74. The highest BCUT2D eigenvalue weighted by atomic mass is 16.2. The lowest BCUT2D eigenvalue weighted by molar-refractivity contribution is -0.118. The third-order valence-corrected chi connectivity index (χ3v) is 3.00. The van der Waals surface area contributed by atoms with Crippen molar-refractivity contribution in [3.8, 4) is 0 Å². The zero-order valence-corrected chi connectivity index (χ0v) is 9.90. The molecule has 1 aliphatic carbocycles. The molecule has 0 N–H and O–H groups in total. The summed E-state index contributed by atoms with van der Waals surface area (Å²) in [6, 6.07) is 6.54. The van der Waals surface area contributed by atoms with Crippen LogP contribution in [0.2, 0.25) is 0 Å². The molecule has 88 valence electrons. The van der Waals surface area contributed by atoms with Crippen molar-refractivity contribution >= 4 is 17.3 Å². The first kappa shape index (κ1) is 11.7. The van der Waals surface area contributed by atoms with E-state index in [0.717, 1.165) is 0 Å². The van der Waals surface area contributed by atoms with Gasteiger partial charge in [0.05, 0.1) is 5.92 Å². The Morgan fingerprint density at radius 2 is 1.59 bits per heavy atom. The molecule has 1 unspecified atom stereocenters. The summed E-state index contributed by atoms with van der Waals surface area (Å²) in [6.07, 6.45) is 0.442. The summed E-state index contributed by atoms with van der Waals surface area (Å²) in [4.78, 5) is 35.9. The molecule has 0 amide bonds. The molecule has 0 aromatic heterocycles. The fourth-order valence-corrected chi connectivity index (χ4v) is 2.18. The van der Waals surface area contributed by atoms with E-state index in [1.807, 2.05) is 13.8 Å². The molecule has 0 saturated heterocycles. The number of hydrogen-bond acceptors (Lipinski definition) is 3. The maximum Gasteiger partial charge on any atom is 0.230 e. The summed E-state index contributed by atoms with van der Waals surface area (Å²) in [5, 5.41) is 0. The number of carbonyl (C=O) groups excluding carboxylic acids is 3. The first-order valence-electron chi connectivity index (χ1n) is 5.74. The van der Waals surface area contributed by atoms with Crippen molar-refractivity contribution in [2.75, 3.05) is 0 Å². The lowest BCUT2D eigenvalue weighted by Gasteiger charge is -2.22. The van der Waals surface area contributed by atoms with E-state index in [0.29, 0.717) is 12.0 Å². The van der Waals surface area contributed by atoms with E-state index in [1.165, 1.54) is 0 Å². The second-order valence-electron chi connectivity index (χ2n) is 4.79. The predicted molar refractivity (Wildman–Crippen MR) is 63.1 cm³/mol. The van der Waals surface area contributed by atoms with E-state index in [-0.39, 0.29) is 17.3 Å². The van der Waals surface area contributed by atoms with Gasteiger partial charge in [-0.25, -0.2) is 0 Å². The molecule has 0 aliphatic heterocycles. The summed E-state index contributed by atoms with van der Waals surface area (Å²) >= 11 is 0. The van der Waals surface area contributed by atoms with E-state index < -0.39 is 17.5 Å². The molecule has 1 atom stereocenters. The average molecular weight is 230 g/mol. The molecule has 3 nitrogen and oxygen atoms in total. The number of benzene rings is 1. The Morgan fingerprint density at radius 3 is 2.18 bits per heavy atom. The monoisotopic (exact) mass is 230 g/mol. The van der Waals surface area contributed by atoms with E-state index >= 15 is 0 Å². The van der Waals surface area contributed by atoms with Gasteiger partial charge < -0.3 is 0 Å². The molecule has 1 aromatic carbocycles. The molecule has 0 bridgehead atoms. The molecule has 3 heteroatoms. The van der Waals surface area contributed by atoms with E-state index in [2.05, 4.69) is 0 Å². The minimum atomic E-state index is -0.780. The molecule has 1 aromatic rings. The van der Waals surface area contributed by atoms with Crippen LogP contribution in [0.25, 0.3) is 0 Å². The van der Waals surface area contributed by atoms with Crippen LogP contribution in [0.5, 0.6) is 0 Å². The highest BCUT2D eigenvalue weighted by Gasteiger charge is 2.39. The molecule has 0 fully saturated rings. The number of fused-ring (bicyclic) bond motifs is 1. The number of rotatable bonds is 2. The topological polar surface area (TPSA) is 51.2 Å². The second kappa shape index (κ2) is 4.24. The largest absolute Gasteiger partial charge is 0.293 e. The fourth-order valence-electron chi connectivity index (χ4n) is 2.18. The molecule has 17 heavy (non-hydrogen) atoms. The molecular weight excluding hydrogens is 216 g/mol. The Hall–Kier alpha value is -1.77. The Balaban J connectivity index is 2.47. The van der Waals surface area contributed by atoms with Crippen LogP contribution in [-0.4, -0.2) is 17.3 Å². The van der Waals surface area contributed by atoms with Gasteiger partial charge in [-0.3, -0.25) is 14.4 Å². The molecule has 0 saturated carbocycles. The maximum atomic E-state index is 12.1. The standard InChI is InChI=1S/C14H14O3/c1-8(2)7-11-12(15)9-5-3-4-6-10(9)13(16)14(11)17/h3-6,8,11H,7H2,1-2H3. The van der Waals surface area contributed by atoms with E-state index in [4.69, 9.17) is 0 Å².